The smallest absolute Gasteiger partial charge is 0.328 e. The van der Waals surface area contributed by atoms with Gasteiger partial charge in [0.25, 0.3) is 5.91 Å². The maximum atomic E-state index is 12.4. The zero-order chi connectivity index (χ0) is 16.2. The van der Waals surface area contributed by atoms with Crippen LogP contribution in [0.4, 0.5) is 5.69 Å². The van der Waals surface area contributed by atoms with Crippen molar-refractivity contribution in [3.63, 3.8) is 0 Å². The minimum absolute atomic E-state index is 0.242. The predicted octanol–water partition coefficient (Wildman–Crippen LogP) is 2.91. The first-order valence-electron chi connectivity index (χ1n) is 6.88. The Morgan fingerprint density at radius 3 is 2.65 bits per heavy atom. The van der Waals surface area contributed by atoms with Crippen molar-refractivity contribution in [3.8, 4) is 0 Å². The molecule has 0 unspecified atom stereocenters. The van der Waals surface area contributed by atoms with Crippen LogP contribution in [0.15, 0.2) is 54.7 Å². The van der Waals surface area contributed by atoms with E-state index in [1.54, 1.807) is 42.6 Å². The fraction of sp³-hybridized carbons (Fsp3) is 0. The molecule has 1 heterocycles. The monoisotopic (exact) mass is 307 g/mol. The fourth-order valence-corrected chi connectivity index (χ4v) is 2.20. The van der Waals surface area contributed by atoms with E-state index in [-0.39, 0.29) is 5.91 Å². The number of hydrogen-bond acceptors (Lipinski definition) is 3. The summed E-state index contributed by atoms with van der Waals surface area (Å²) in [7, 11) is 0. The lowest BCUT2D eigenvalue weighted by molar-refractivity contribution is -0.131. The highest BCUT2D eigenvalue weighted by Gasteiger charge is 2.11. The number of aliphatic carboxylic acids is 1. The van der Waals surface area contributed by atoms with E-state index in [1.807, 2.05) is 6.07 Å². The number of aromatic nitrogens is 2. The molecule has 2 aromatic carbocycles. The van der Waals surface area contributed by atoms with E-state index in [2.05, 4.69) is 15.5 Å². The molecule has 0 atom stereocenters. The SMILES string of the molecule is O=C(O)C=Cc1ccc(NC(=O)c2cccc3cn[nH]c23)cc1. The second-order valence-corrected chi connectivity index (χ2v) is 4.89. The zero-order valence-corrected chi connectivity index (χ0v) is 12.0. The molecule has 6 nitrogen and oxygen atoms in total. The van der Waals surface area contributed by atoms with Crippen molar-refractivity contribution < 1.29 is 14.7 Å². The largest absolute Gasteiger partial charge is 0.478 e. The number of anilines is 1. The summed E-state index contributed by atoms with van der Waals surface area (Å²) in [6, 6.07) is 12.3. The molecule has 0 aliphatic heterocycles. The molecule has 6 heteroatoms. The van der Waals surface area contributed by atoms with Crippen molar-refractivity contribution in [1.82, 2.24) is 10.2 Å². The van der Waals surface area contributed by atoms with Crippen LogP contribution in [0, 0.1) is 0 Å². The molecule has 1 aromatic heterocycles. The highest BCUT2D eigenvalue weighted by atomic mass is 16.4. The zero-order valence-electron chi connectivity index (χ0n) is 12.0. The number of H-pyrrole nitrogens is 1. The number of aromatic amines is 1. The number of benzene rings is 2. The van der Waals surface area contributed by atoms with Gasteiger partial charge in [0.1, 0.15) is 0 Å². The van der Waals surface area contributed by atoms with E-state index in [0.29, 0.717) is 16.8 Å². The number of fused-ring (bicyclic) bond motifs is 1. The van der Waals surface area contributed by atoms with Crippen molar-refractivity contribution in [2.45, 2.75) is 0 Å². The quantitative estimate of drug-likeness (QED) is 0.646. The van der Waals surface area contributed by atoms with Crippen molar-refractivity contribution in [3.05, 3.63) is 65.9 Å². The van der Waals surface area contributed by atoms with E-state index in [4.69, 9.17) is 5.11 Å². The number of nitrogens with zero attached hydrogens (tertiary/aromatic N) is 1. The van der Waals surface area contributed by atoms with Gasteiger partial charge in [-0.2, -0.15) is 5.10 Å². The minimum atomic E-state index is -1.00. The number of carbonyl (C=O) groups excluding carboxylic acids is 1. The number of carbonyl (C=O) groups is 2. The number of hydrogen-bond donors (Lipinski definition) is 3. The third kappa shape index (κ3) is 3.26. The van der Waals surface area contributed by atoms with Gasteiger partial charge in [0.15, 0.2) is 0 Å². The first kappa shape index (κ1) is 14.5. The predicted molar refractivity (Wildman–Crippen MR) is 87.2 cm³/mol. The van der Waals surface area contributed by atoms with Gasteiger partial charge in [-0.15, -0.1) is 0 Å². The van der Waals surface area contributed by atoms with E-state index in [0.717, 1.165) is 17.0 Å². The Hall–Kier alpha value is -3.41. The topological polar surface area (TPSA) is 95.1 Å². The van der Waals surface area contributed by atoms with Crippen LogP contribution in [0.25, 0.3) is 17.0 Å². The van der Waals surface area contributed by atoms with Gasteiger partial charge < -0.3 is 10.4 Å². The van der Waals surface area contributed by atoms with E-state index in [1.165, 1.54) is 6.08 Å². The van der Waals surface area contributed by atoms with Crippen molar-refractivity contribution in [2.24, 2.45) is 0 Å². The number of carboxylic acid groups (broad SMARTS) is 1. The summed E-state index contributed by atoms with van der Waals surface area (Å²) in [6.07, 6.45) is 4.21. The Morgan fingerprint density at radius 2 is 1.91 bits per heavy atom. The van der Waals surface area contributed by atoms with Crippen LogP contribution < -0.4 is 5.32 Å². The number of amides is 1. The summed E-state index contributed by atoms with van der Waals surface area (Å²) in [4.78, 5) is 22.9. The van der Waals surface area contributed by atoms with Gasteiger partial charge in [0.2, 0.25) is 0 Å². The normalized spacial score (nSPS) is 11.0. The second-order valence-electron chi connectivity index (χ2n) is 4.89. The summed E-state index contributed by atoms with van der Waals surface area (Å²) in [5.74, 6) is -1.25. The lowest BCUT2D eigenvalue weighted by Gasteiger charge is -2.06. The Labute approximate surface area is 131 Å². The van der Waals surface area contributed by atoms with Crippen LogP contribution >= 0.6 is 0 Å². The first-order valence-corrected chi connectivity index (χ1v) is 6.88. The van der Waals surface area contributed by atoms with Gasteiger partial charge >= 0.3 is 5.97 Å². The van der Waals surface area contributed by atoms with Crippen molar-refractivity contribution >= 4 is 34.5 Å². The number of para-hydroxylation sites is 1. The van der Waals surface area contributed by atoms with E-state index >= 15 is 0 Å². The van der Waals surface area contributed by atoms with E-state index in [9.17, 15) is 9.59 Å². The summed E-state index contributed by atoms with van der Waals surface area (Å²) in [6.45, 7) is 0. The average molecular weight is 307 g/mol. The summed E-state index contributed by atoms with van der Waals surface area (Å²) < 4.78 is 0. The maximum Gasteiger partial charge on any atom is 0.328 e. The van der Waals surface area contributed by atoms with Crippen LogP contribution in [-0.2, 0) is 4.79 Å². The van der Waals surface area contributed by atoms with Crippen LogP contribution in [-0.4, -0.2) is 27.2 Å². The molecule has 3 rings (SSSR count). The lowest BCUT2D eigenvalue weighted by Crippen LogP contribution is -2.12. The number of carboxylic acids is 1. The highest BCUT2D eigenvalue weighted by molar-refractivity contribution is 6.11. The molecule has 0 aliphatic carbocycles. The second kappa shape index (κ2) is 6.15. The summed E-state index contributed by atoms with van der Waals surface area (Å²) in [5, 5.41) is 19.0. The molecule has 0 spiro atoms. The fourth-order valence-electron chi connectivity index (χ4n) is 2.20. The lowest BCUT2D eigenvalue weighted by atomic mass is 10.1. The Bertz CT molecular complexity index is 895. The maximum absolute atomic E-state index is 12.4. The molecule has 114 valence electrons. The van der Waals surface area contributed by atoms with Gasteiger partial charge in [-0.1, -0.05) is 24.3 Å². The molecule has 3 aromatic rings. The van der Waals surface area contributed by atoms with Gasteiger partial charge in [0, 0.05) is 17.1 Å². The summed E-state index contributed by atoms with van der Waals surface area (Å²) in [5.41, 5.74) is 2.56. The molecular formula is C17H13N3O3. The molecular weight excluding hydrogens is 294 g/mol. The molecule has 0 bridgehead atoms. The standard InChI is InChI=1S/C17H13N3O3/c21-15(22)9-6-11-4-7-13(8-5-11)19-17(23)14-3-1-2-12-10-18-20-16(12)14/h1-10H,(H,18,20)(H,19,23)(H,21,22). The molecule has 23 heavy (non-hydrogen) atoms. The van der Waals surface area contributed by atoms with Gasteiger partial charge in [-0.05, 0) is 29.8 Å². The van der Waals surface area contributed by atoms with Gasteiger partial charge in [-0.3, -0.25) is 9.89 Å². The molecule has 3 N–H and O–H groups in total. The molecule has 0 radical (unpaired) electrons. The average Bonchev–Trinajstić information content (AvgIpc) is 3.02. The van der Waals surface area contributed by atoms with Gasteiger partial charge in [0.05, 0.1) is 17.3 Å². The Morgan fingerprint density at radius 1 is 1.13 bits per heavy atom. The molecule has 0 fully saturated rings. The van der Waals surface area contributed by atoms with E-state index < -0.39 is 5.97 Å². The summed E-state index contributed by atoms with van der Waals surface area (Å²) >= 11 is 0. The first-order chi connectivity index (χ1) is 11.1. The molecule has 0 aliphatic rings. The highest BCUT2D eigenvalue weighted by Crippen LogP contribution is 2.18. The van der Waals surface area contributed by atoms with Crippen LogP contribution in [0.1, 0.15) is 15.9 Å². The molecule has 1 amide bonds. The number of rotatable bonds is 4. The molecule has 0 saturated heterocycles. The third-order valence-electron chi connectivity index (χ3n) is 3.31. The number of nitrogens with one attached hydrogen (secondary N) is 2. The van der Waals surface area contributed by atoms with Crippen LogP contribution in [0.5, 0.6) is 0 Å². The van der Waals surface area contributed by atoms with Crippen molar-refractivity contribution in [1.29, 1.82) is 0 Å². The Kier molecular flexibility index (Phi) is 3.88. The minimum Gasteiger partial charge on any atom is -0.478 e. The third-order valence-corrected chi connectivity index (χ3v) is 3.31. The van der Waals surface area contributed by atoms with Crippen molar-refractivity contribution in [2.75, 3.05) is 5.32 Å². The Balaban J connectivity index is 1.78. The van der Waals surface area contributed by atoms with Gasteiger partial charge in [-0.25, -0.2) is 4.79 Å². The molecule has 0 saturated carbocycles. The van der Waals surface area contributed by atoms with Crippen LogP contribution in [0.2, 0.25) is 0 Å². The van der Waals surface area contributed by atoms with Crippen LogP contribution in [0.3, 0.4) is 0 Å².